The molecular formula is C28H35N3O7S3. The Hall–Kier alpha value is -2.87. The summed E-state index contributed by atoms with van der Waals surface area (Å²) < 4.78 is 39.1. The van der Waals surface area contributed by atoms with E-state index in [0.717, 1.165) is 39.1 Å². The minimum Gasteiger partial charge on any atom is -0.462 e. The molecule has 3 aromatic rings. The van der Waals surface area contributed by atoms with Crippen LogP contribution in [0.1, 0.15) is 53.6 Å². The average molecular weight is 622 g/mol. The molecule has 2 aromatic heterocycles. The number of aromatic nitrogens is 1. The van der Waals surface area contributed by atoms with Crippen molar-refractivity contribution in [2.75, 3.05) is 36.6 Å². The standard InChI is InChI=1S/C28H35N3O7S3/c1-5-37-12-11-31-20-10-8-18(4)14-22(20)40-28(31)30-24(33)16-41(35,36)15-23(32)29-26-25(27(34)38-6-2)19-9-7-17(3)13-21(19)39-26/h8,10,14,17H,5-7,9,11-13,15-16H2,1-4H3,(H,29,32). The Balaban J connectivity index is 1.51. The largest absolute Gasteiger partial charge is 0.462 e. The minimum atomic E-state index is -4.14. The Morgan fingerprint density at radius 1 is 1.15 bits per heavy atom. The number of fused-ring (bicyclic) bond motifs is 2. The van der Waals surface area contributed by atoms with Gasteiger partial charge in [-0.25, -0.2) is 13.2 Å². The Morgan fingerprint density at radius 3 is 2.66 bits per heavy atom. The lowest BCUT2D eigenvalue weighted by atomic mass is 9.88. The van der Waals surface area contributed by atoms with Crippen molar-refractivity contribution in [3.05, 3.63) is 44.6 Å². The molecule has 0 aliphatic heterocycles. The number of hydrogen-bond acceptors (Lipinski definition) is 9. The molecule has 1 atom stereocenters. The molecule has 4 rings (SSSR count). The maximum atomic E-state index is 12.8. The van der Waals surface area contributed by atoms with Crippen LogP contribution in [0.25, 0.3) is 10.2 Å². The summed E-state index contributed by atoms with van der Waals surface area (Å²) in [7, 11) is -4.14. The summed E-state index contributed by atoms with van der Waals surface area (Å²) in [5.74, 6) is -3.60. The zero-order valence-electron chi connectivity index (χ0n) is 23.7. The molecule has 0 spiro atoms. The summed E-state index contributed by atoms with van der Waals surface area (Å²) in [6.45, 7) is 9.26. The molecule has 13 heteroatoms. The van der Waals surface area contributed by atoms with Crippen LogP contribution in [0, 0.1) is 12.8 Å². The van der Waals surface area contributed by atoms with E-state index < -0.39 is 39.1 Å². The number of sulfone groups is 1. The van der Waals surface area contributed by atoms with Crippen molar-refractivity contribution in [3.8, 4) is 0 Å². The fourth-order valence-electron chi connectivity index (χ4n) is 4.78. The van der Waals surface area contributed by atoms with Crippen LogP contribution in [-0.4, -0.2) is 62.1 Å². The van der Waals surface area contributed by atoms with Gasteiger partial charge in [0, 0.05) is 18.0 Å². The third-order valence-corrected chi connectivity index (χ3v) is 10.3. The second-order valence-corrected chi connectivity index (χ2v) is 14.2. The number of aryl methyl sites for hydroxylation is 1. The molecule has 0 fully saturated rings. The molecule has 0 radical (unpaired) electrons. The number of thiazole rings is 1. The molecule has 2 heterocycles. The van der Waals surface area contributed by atoms with Crippen LogP contribution in [0.3, 0.4) is 0 Å². The van der Waals surface area contributed by atoms with Crippen LogP contribution in [0.2, 0.25) is 0 Å². The van der Waals surface area contributed by atoms with Gasteiger partial charge in [0.15, 0.2) is 14.6 Å². The van der Waals surface area contributed by atoms with Gasteiger partial charge in [-0.05, 0) is 69.2 Å². The highest BCUT2D eigenvalue weighted by Crippen LogP contribution is 2.40. The van der Waals surface area contributed by atoms with Crippen molar-refractivity contribution < 1.29 is 32.3 Å². The van der Waals surface area contributed by atoms with Gasteiger partial charge in [-0.3, -0.25) is 9.59 Å². The first-order chi connectivity index (χ1) is 19.5. The van der Waals surface area contributed by atoms with Crippen molar-refractivity contribution in [2.45, 2.75) is 53.5 Å². The van der Waals surface area contributed by atoms with Crippen LogP contribution >= 0.6 is 22.7 Å². The summed E-state index contributed by atoms with van der Waals surface area (Å²) in [6.07, 6.45) is 2.38. The van der Waals surface area contributed by atoms with Gasteiger partial charge in [0.05, 0.1) is 29.0 Å². The number of esters is 1. The summed E-state index contributed by atoms with van der Waals surface area (Å²) in [6, 6.07) is 5.87. The number of thiophene rings is 1. The lowest BCUT2D eigenvalue weighted by Crippen LogP contribution is -2.28. The molecule has 10 nitrogen and oxygen atoms in total. The summed E-state index contributed by atoms with van der Waals surface area (Å²) in [5, 5.41) is 2.89. The van der Waals surface area contributed by atoms with Gasteiger partial charge in [-0.15, -0.1) is 11.3 Å². The Bertz CT molecular complexity index is 1630. The molecule has 41 heavy (non-hydrogen) atoms. The first-order valence-corrected chi connectivity index (χ1v) is 17.0. The SMILES string of the molecule is CCOCCn1c(=NC(=O)CS(=O)(=O)CC(=O)Nc2sc3c(c2C(=O)OCC)CCC(C)C3)sc2cc(C)ccc21. The third kappa shape index (κ3) is 7.70. The lowest BCUT2D eigenvalue weighted by Gasteiger charge is -2.18. The lowest BCUT2D eigenvalue weighted by molar-refractivity contribution is -0.115. The number of ether oxygens (including phenoxy) is 2. The molecule has 1 unspecified atom stereocenters. The number of amides is 2. The van der Waals surface area contributed by atoms with Crippen LogP contribution in [0.5, 0.6) is 0 Å². The summed E-state index contributed by atoms with van der Waals surface area (Å²) >= 11 is 2.57. The summed E-state index contributed by atoms with van der Waals surface area (Å²) in [5.41, 5.74) is 3.08. The van der Waals surface area contributed by atoms with E-state index in [9.17, 15) is 22.8 Å². The van der Waals surface area contributed by atoms with Crippen LogP contribution < -0.4 is 10.1 Å². The van der Waals surface area contributed by atoms with E-state index >= 15 is 0 Å². The van der Waals surface area contributed by atoms with Crippen LogP contribution in [0.4, 0.5) is 5.00 Å². The van der Waals surface area contributed by atoms with E-state index in [1.54, 1.807) is 6.92 Å². The number of nitrogens with zero attached hydrogens (tertiary/aromatic N) is 2. The first-order valence-electron chi connectivity index (χ1n) is 13.6. The van der Waals surface area contributed by atoms with Gasteiger partial charge in [-0.1, -0.05) is 24.3 Å². The van der Waals surface area contributed by atoms with Gasteiger partial charge in [0.1, 0.15) is 16.5 Å². The maximum Gasteiger partial charge on any atom is 0.341 e. The highest BCUT2D eigenvalue weighted by molar-refractivity contribution is 7.92. The Kier molecular flexibility index (Phi) is 10.2. The minimum absolute atomic E-state index is 0.179. The Morgan fingerprint density at radius 2 is 1.93 bits per heavy atom. The molecule has 1 aromatic carbocycles. The normalized spacial score (nSPS) is 15.6. The number of nitrogens with one attached hydrogen (secondary N) is 1. The first kappa shape index (κ1) is 31.1. The molecular weight excluding hydrogens is 587 g/mol. The van der Waals surface area contributed by atoms with Gasteiger partial charge < -0.3 is 19.4 Å². The average Bonchev–Trinajstić information content (AvgIpc) is 3.39. The molecule has 1 aliphatic rings. The topological polar surface area (TPSA) is 133 Å². The smallest absolute Gasteiger partial charge is 0.341 e. The van der Waals surface area contributed by atoms with Crippen molar-refractivity contribution in [1.29, 1.82) is 0 Å². The predicted octanol–water partition coefficient (Wildman–Crippen LogP) is 3.89. The molecule has 0 bridgehead atoms. The van der Waals surface area contributed by atoms with Crippen molar-refractivity contribution >= 4 is 65.5 Å². The third-order valence-electron chi connectivity index (χ3n) is 6.66. The number of carbonyl (C=O) groups is 3. The number of anilines is 1. The molecule has 222 valence electrons. The monoisotopic (exact) mass is 621 g/mol. The number of carbonyl (C=O) groups excluding carboxylic acids is 3. The van der Waals surface area contributed by atoms with Crippen molar-refractivity contribution in [1.82, 2.24) is 4.57 Å². The van der Waals surface area contributed by atoms with E-state index in [-0.39, 0.29) is 11.6 Å². The van der Waals surface area contributed by atoms with Gasteiger partial charge in [0.25, 0.3) is 5.91 Å². The molecule has 2 amide bonds. The fraction of sp³-hybridized carbons (Fsp3) is 0.500. The highest BCUT2D eigenvalue weighted by atomic mass is 32.2. The quantitative estimate of drug-likeness (QED) is 0.254. The number of benzene rings is 1. The van der Waals surface area contributed by atoms with Crippen molar-refractivity contribution in [2.24, 2.45) is 10.9 Å². The maximum absolute atomic E-state index is 12.8. The fourth-order valence-corrected chi connectivity index (χ4v) is 8.38. The number of hydrogen-bond donors (Lipinski definition) is 1. The summed E-state index contributed by atoms with van der Waals surface area (Å²) in [4.78, 5) is 43.8. The van der Waals surface area contributed by atoms with Crippen LogP contribution in [-0.2, 0) is 48.3 Å². The van der Waals surface area contributed by atoms with E-state index in [1.807, 2.05) is 36.6 Å². The zero-order valence-corrected chi connectivity index (χ0v) is 26.1. The van der Waals surface area contributed by atoms with E-state index in [0.29, 0.717) is 42.5 Å². The van der Waals surface area contributed by atoms with Crippen LogP contribution in [0.15, 0.2) is 23.2 Å². The van der Waals surface area contributed by atoms with Gasteiger partial charge in [0.2, 0.25) is 5.91 Å². The molecule has 1 N–H and O–H groups in total. The molecule has 1 aliphatic carbocycles. The second-order valence-electron chi connectivity index (χ2n) is 10.1. The molecule has 0 saturated heterocycles. The van der Waals surface area contributed by atoms with E-state index in [2.05, 4.69) is 17.2 Å². The highest BCUT2D eigenvalue weighted by Gasteiger charge is 2.30. The second kappa shape index (κ2) is 13.4. The zero-order chi connectivity index (χ0) is 29.7. The molecule has 0 saturated carbocycles. The van der Waals surface area contributed by atoms with Gasteiger partial charge >= 0.3 is 5.97 Å². The van der Waals surface area contributed by atoms with Crippen molar-refractivity contribution in [3.63, 3.8) is 0 Å². The van der Waals surface area contributed by atoms with Gasteiger partial charge in [-0.2, -0.15) is 4.99 Å². The Labute approximate surface area is 247 Å². The van der Waals surface area contributed by atoms with E-state index in [4.69, 9.17) is 9.47 Å². The van der Waals surface area contributed by atoms with E-state index in [1.165, 1.54) is 22.7 Å². The number of rotatable bonds is 11. The predicted molar refractivity (Wildman–Crippen MR) is 160 cm³/mol.